The Kier molecular flexibility index (Phi) is 7.46. The number of thiazole rings is 1. The van der Waals surface area contributed by atoms with Crippen LogP contribution in [0, 0.1) is 27.7 Å². The van der Waals surface area contributed by atoms with E-state index in [2.05, 4.69) is 56.5 Å². The van der Waals surface area contributed by atoms with Crippen LogP contribution in [0.4, 0.5) is 0 Å². The van der Waals surface area contributed by atoms with Gasteiger partial charge in [0, 0.05) is 22.1 Å². The van der Waals surface area contributed by atoms with E-state index in [9.17, 15) is 9.59 Å². The van der Waals surface area contributed by atoms with Crippen molar-refractivity contribution in [2.24, 2.45) is 4.99 Å². The molecule has 0 unspecified atom stereocenters. The molecule has 2 aromatic heterocycles. The quantitative estimate of drug-likeness (QED) is 0.281. The molecule has 0 bridgehead atoms. The van der Waals surface area contributed by atoms with Crippen LogP contribution in [0.1, 0.15) is 60.5 Å². The van der Waals surface area contributed by atoms with E-state index in [-0.39, 0.29) is 11.7 Å². The molecule has 1 aliphatic heterocycles. The molecule has 1 aliphatic rings. The fourth-order valence-electron chi connectivity index (χ4n) is 5.37. The van der Waals surface area contributed by atoms with E-state index in [4.69, 9.17) is 21.3 Å². The number of hydrogen-bond donors (Lipinski definition) is 0. The van der Waals surface area contributed by atoms with E-state index in [0.29, 0.717) is 25.6 Å². The van der Waals surface area contributed by atoms with Gasteiger partial charge in [0.15, 0.2) is 4.80 Å². The second-order valence-electron chi connectivity index (χ2n) is 10.6. The smallest absolute Gasteiger partial charge is 0.338 e. The van der Waals surface area contributed by atoms with Crippen LogP contribution in [0.5, 0.6) is 0 Å². The molecule has 0 amide bonds. The van der Waals surface area contributed by atoms with Crippen molar-refractivity contribution >= 4 is 35.0 Å². The van der Waals surface area contributed by atoms with Gasteiger partial charge in [0.05, 0.1) is 27.9 Å². The minimum Gasteiger partial charge on any atom is -0.459 e. The number of fused-ring (bicyclic) bond motifs is 1. The van der Waals surface area contributed by atoms with Gasteiger partial charge >= 0.3 is 5.97 Å². The normalized spacial score (nSPS) is 15.4. The van der Waals surface area contributed by atoms with Gasteiger partial charge in [-0.05, 0) is 107 Å². The molecule has 0 saturated heterocycles. The lowest BCUT2D eigenvalue weighted by Gasteiger charge is -2.25. The molecule has 40 heavy (non-hydrogen) atoms. The minimum atomic E-state index is -0.676. The molecule has 0 radical (unpaired) electrons. The molecule has 0 spiro atoms. The Morgan fingerprint density at radius 1 is 1.02 bits per heavy atom. The number of aromatic nitrogens is 2. The summed E-state index contributed by atoms with van der Waals surface area (Å²) in [6, 6.07) is 15.1. The topological polar surface area (TPSA) is 65.6 Å². The van der Waals surface area contributed by atoms with E-state index in [0.717, 1.165) is 28.2 Å². The molecular formula is C32H32ClN3O3S. The van der Waals surface area contributed by atoms with Crippen LogP contribution in [0.3, 0.4) is 0 Å². The molecule has 3 heterocycles. The lowest BCUT2D eigenvalue weighted by atomic mass is 9.96. The van der Waals surface area contributed by atoms with E-state index < -0.39 is 12.0 Å². The Hall–Kier alpha value is -3.68. The van der Waals surface area contributed by atoms with Crippen LogP contribution < -0.4 is 14.9 Å². The first-order valence-corrected chi connectivity index (χ1v) is 14.4. The van der Waals surface area contributed by atoms with Crippen LogP contribution in [0.15, 0.2) is 69.6 Å². The monoisotopic (exact) mass is 573 g/mol. The SMILES string of the molecule is CC1=C(C(=O)OC(C)C)[C@H](c2ccc(Cl)cc2)n2c(s/c(=C/c3cc(C)n(-c4cc(C)cc(C)c4)c3C)c2=O)=N1. The number of benzene rings is 2. The zero-order valence-electron chi connectivity index (χ0n) is 23.7. The van der Waals surface area contributed by atoms with E-state index in [1.165, 1.54) is 22.5 Å². The van der Waals surface area contributed by atoms with E-state index >= 15 is 0 Å². The number of allylic oxidation sites excluding steroid dienone is 1. The fourth-order valence-corrected chi connectivity index (χ4v) is 6.54. The van der Waals surface area contributed by atoms with Crippen molar-refractivity contribution in [2.75, 3.05) is 0 Å². The Morgan fingerprint density at radius 2 is 1.68 bits per heavy atom. The average molecular weight is 574 g/mol. The molecule has 6 nitrogen and oxygen atoms in total. The first kappa shape index (κ1) is 27.9. The Bertz CT molecular complexity index is 1840. The highest BCUT2D eigenvalue weighted by Gasteiger charge is 2.33. The molecule has 8 heteroatoms. The zero-order valence-corrected chi connectivity index (χ0v) is 25.3. The summed E-state index contributed by atoms with van der Waals surface area (Å²) in [5.41, 5.74) is 8.01. The summed E-state index contributed by atoms with van der Waals surface area (Å²) in [7, 11) is 0. The number of hydrogen-bond acceptors (Lipinski definition) is 5. The number of esters is 1. The van der Waals surface area contributed by atoms with Gasteiger partial charge in [0.1, 0.15) is 0 Å². The second kappa shape index (κ2) is 10.7. The standard InChI is InChI=1S/C32H32ClN3O3S/c1-17(2)39-31(38)28-21(6)34-32-36(29(28)23-8-10-25(33)11-9-23)30(37)27(40-32)16-24-15-20(5)35(22(24)7)26-13-18(3)12-19(4)14-26/h8-17,29H,1-7H3/b27-16+/t29-/m0/s1. The van der Waals surface area contributed by atoms with Gasteiger partial charge in [-0.1, -0.05) is 41.1 Å². The van der Waals surface area contributed by atoms with Crippen LogP contribution in [0.25, 0.3) is 11.8 Å². The summed E-state index contributed by atoms with van der Waals surface area (Å²) in [4.78, 5) is 32.5. The maximum Gasteiger partial charge on any atom is 0.338 e. The van der Waals surface area contributed by atoms with Gasteiger partial charge in [-0.15, -0.1) is 0 Å². The van der Waals surface area contributed by atoms with Crippen LogP contribution in [-0.4, -0.2) is 21.2 Å². The number of carbonyl (C=O) groups excluding carboxylic acids is 1. The fraction of sp³-hybridized carbons (Fsp3) is 0.281. The molecule has 0 N–H and O–H groups in total. The number of aryl methyl sites for hydroxylation is 3. The first-order valence-electron chi connectivity index (χ1n) is 13.2. The predicted molar refractivity (Wildman–Crippen MR) is 161 cm³/mol. The molecule has 1 atom stereocenters. The number of nitrogens with zero attached hydrogens (tertiary/aromatic N) is 3. The van der Waals surface area contributed by atoms with Crippen molar-refractivity contribution in [3.63, 3.8) is 0 Å². The lowest BCUT2D eigenvalue weighted by molar-refractivity contribution is -0.143. The largest absolute Gasteiger partial charge is 0.459 e. The molecule has 2 aromatic carbocycles. The van der Waals surface area contributed by atoms with E-state index in [1.54, 1.807) is 37.5 Å². The van der Waals surface area contributed by atoms with Gasteiger partial charge in [-0.25, -0.2) is 9.79 Å². The van der Waals surface area contributed by atoms with Gasteiger partial charge < -0.3 is 9.30 Å². The zero-order chi connectivity index (χ0) is 28.9. The Balaban J connectivity index is 1.69. The molecule has 4 aromatic rings. The molecule has 0 saturated carbocycles. The molecule has 5 rings (SSSR count). The van der Waals surface area contributed by atoms with Crippen molar-refractivity contribution in [1.82, 2.24) is 9.13 Å². The molecule has 0 fully saturated rings. The summed E-state index contributed by atoms with van der Waals surface area (Å²) in [5.74, 6) is -0.484. The number of rotatable bonds is 5. The minimum absolute atomic E-state index is 0.206. The molecule has 206 valence electrons. The average Bonchev–Trinajstić information content (AvgIpc) is 3.31. The highest BCUT2D eigenvalue weighted by molar-refractivity contribution is 7.07. The second-order valence-corrected chi connectivity index (χ2v) is 12.0. The molecular weight excluding hydrogens is 542 g/mol. The third-order valence-electron chi connectivity index (χ3n) is 6.99. The number of ether oxygens (including phenoxy) is 1. The summed E-state index contributed by atoms with van der Waals surface area (Å²) in [6.45, 7) is 13.7. The lowest BCUT2D eigenvalue weighted by Crippen LogP contribution is -2.40. The summed E-state index contributed by atoms with van der Waals surface area (Å²) in [5, 5.41) is 0.572. The highest BCUT2D eigenvalue weighted by Crippen LogP contribution is 2.31. The third-order valence-corrected chi connectivity index (χ3v) is 8.23. The number of halogens is 1. The van der Waals surface area contributed by atoms with Gasteiger partial charge in [0.25, 0.3) is 5.56 Å². The van der Waals surface area contributed by atoms with Crippen molar-refractivity contribution in [3.8, 4) is 5.69 Å². The summed E-state index contributed by atoms with van der Waals surface area (Å²) >= 11 is 7.49. The maximum atomic E-state index is 14.0. The number of carbonyl (C=O) groups is 1. The Labute approximate surface area is 242 Å². The third kappa shape index (κ3) is 5.11. The summed E-state index contributed by atoms with van der Waals surface area (Å²) < 4.78 is 9.94. The van der Waals surface area contributed by atoms with Crippen LogP contribution in [0.2, 0.25) is 5.02 Å². The van der Waals surface area contributed by atoms with Crippen molar-refractivity contribution in [3.05, 3.63) is 118 Å². The van der Waals surface area contributed by atoms with Crippen molar-refractivity contribution < 1.29 is 9.53 Å². The predicted octanol–water partition coefficient (Wildman–Crippen LogP) is 5.86. The van der Waals surface area contributed by atoms with Gasteiger partial charge in [-0.2, -0.15) is 0 Å². The Morgan fingerprint density at radius 3 is 2.30 bits per heavy atom. The van der Waals surface area contributed by atoms with Crippen LogP contribution >= 0.6 is 22.9 Å². The van der Waals surface area contributed by atoms with Gasteiger partial charge in [0.2, 0.25) is 0 Å². The van der Waals surface area contributed by atoms with E-state index in [1.807, 2.05) is 18.2 Å². The summed E-state index contributed by atoms with van der Waals surface area (Å²) in [6.07, 6.45) is 1.62. The van der Waals surface area contributed by atoms with Crippen molar-refractivity contribution in [1.29, 1.82) is 0 Å². The highest BCUT2D eigenvalue weighted by atomic mass is 35.5. The first-order chi connectivity index (χ1) is 18.9. The van der Waals surface area contributed by atoms with Crippen molar-refractivity contribution in [2.45, 2.75) is 60.6 Å². The molecule has 0 aliphatic carbocycles. The van der Waals surface area contributed by atoms with Gasteiger partial charge in [-0.3, -0.25) is 9.36 Å². The maximum absolute atomic E-state index is 14.0. The van der Waals surface area contributed by atoms with Crippen LogP contribution in [-0.2, 0) is 9.53 Å².